The van der Waals surface area contributed by atoms with E-state index in [-0.39, 0.29) is 27.5 Å². The molecule has 142 valence electrons. The lowest BCUT2D eigenvalue weighted by Crippen LogP contribution is -2.34. The lowest BCUT2D eigenvalue weighted by molar-refractivity contribution is 0.0697. The predicted octanol–water partition coefficient (Wildman–Crippen LogP) is 4.34. The summed E-state index contributed by atoms with van der Waals surface area (Å²) in [6, 6.07) is 11.0. The number of rotatable bonds is 6. The molecule has 1 atom stereocenters. The Labute approximate surface area is 167 Å². The van der Waals surface area contributed by atoms with Crippen molar-refractivity contribution in [3.05, 3.63) is 58.6 Å². The van der Waals surface area contributed by atoms with Gasteiger partial charge < -0.3 is 15.2 Å². The molecule has 0 fully saturated rings. The molecule has 0 aromatic heterocycles. The van der Waals surface area contributed by atoms with E-state index in [0.717, 1.165) is 6.42 Å². The van der Waals surface area contributed by atoms with Crippen molar-refractivity contribution in [2.45, 2.75) is 26.4 Å². The summed E-state index contributed by atoms with van der Waals surface area (Å²) in [7, 11) is 0. The standard InChI is InChI=1S/C19H19ClN2O4S/c1-3-11(2)26-14-6-4-5-12(9-14)17(23)22-19(27)21-16-8-7-13(20)10-15(16)18(24)25/h4-11H,3H2,1-2H3,(H,24,25)(H2,21,22,23,27). The number of ether oxygens (including phenoxy) is 1. The molecule has 27 heavy (non-hydrogen) atoms. The van der Waals surface area contributed by atoms with E-state index in [1.54, 1.807) is 24.3 Å². The maximum atomic E-state index is 12.4. The highest BCUT2D eigenvalue weighted by molar-refractivity contribution is 7.80. The number of carboxylic acid groups (broad SMARTS) is 1. The molecule has 2 aromatic carbocycles. The third-order valence-electron chi connectivity index (χ3n) is 3.70. The van der Waals surface area contributed by atoms with E-state index in [1.165, 1.54) is 18.2 Å². The second-order valence-corrected chi connectivity index (χ2v) is 6.61. The van der Waals surface area contributed by atoms with Crippen molar-refractivity contribution in [2.24, 2.45) is 0 Å². The molecule has 1 unspecified atom stereocenters. The highest BCUT2D eigenvalue weighted by Crippen LogP contribution is 2.21. The van der Waals surface area contributed by atoms with Crippen molar-refractivity contribution in [1.82, 2.24) is 5.32 Å². The molecular formula is C19H19ClN2O4S. The van der Waals surface area contributed by atoms with E-state index in [1.807, 2.05) is 13.8 Å². The number of carboxylic acids is 1. The van der Waals surface area contributed by atoms with Gasteiger partial charge in [0.2, 0.25) is 0 Å². The molecule has 1 amide bonds. The van der Waals surface area contributed by atoms with Gasteiger partial charge in [-0.1, -0.05) is 24.6 Å². The summed E-state index contributed by atoms with van der Waals surface area (Å²) < 4.78 is 5.70. The van der Waals surface area contributed by atoms with Crippen molar-refractivity contribution in [3.63, 3.8) is 0 Å². The van der Waals surface area contributed by atoms with Crippen LogP contribution in [0.2, 0.25) is 5.02 Å². The summed E-state index contributed by atoms with van der Waals surface area (Å²) in [4.78, 5) is 23.7. The first-order valence-electron chi connectivity index (χ1n) is 8.22. The summed E-state index contributed by atoms with van der Waals surface area (Å²) in [6.45, 7) is 3.95. The molecule has 6 nitrogen and oxygen atoms in total. The van der Waals surface area contributed by atoms with Gasteiger partial charge in [0.05, 0.1) is 17.4 Å². The molecule has 2 rings (SSSR count). The Kier molecular flexibility index (Phi) is 7.15. The van der Waals surface area contributed by atoms with E-state index >= 15 is 0 Å². The van der Waals surface area contributed by atoms with Crippen molar-refractivity contribution in [1.29, 1.82) is 0 Å². The summed E-state index contributed by atoms with van der Waals surface area (Å²) in [5, 5.41) is 14.7. The minimum absolute atomic E-state index is 0.0296. The summed E-state index contributed by atoms with van der Waals surface area (Å²) in [5.74, 6) is -1.02. The number of aromatic carboxylic acids is 1. The number of benzene rings is 2. The van der Waals surface area contributed by atoms with E-state index < -0.39 is 11.9 Å². The van der Waals surface area contributed by atoms with Crippen LogP contribution in [0.15, 0.2) is 42.5 Å². The van der Waals surface area contributed by atoms with Crippen LogP contribution >= 0.6 is 23.8 Å². The fourth-order valence-electron chi connectivity index (χ4n) is 2.16. The molecule has 0 aliphatic carbocycles. The molecule has 0 aliphatic heterocycles. The van der Waals surface area contributed by atoms with Crippen LogP contribution in [-0.2, 0) is 0 Å². The minimum atomic E-state index is -1.16. The lowest BCUT2D eigenvalue weighted by atomic mass is 10.2. The third-order valence-corrected chi connectivity index (χ3v) is 4.13. The molecule has 0 aliphatic rings. The van der Waals surface area contributed by atoms with Gasteiger partial charge in [-0.15, -0.1) is 0 Å². The molecule has 0 radical (unpaired) electrons. The highest BCUT2D eigenvalue weighted by atomic mass is 35.5. The van der Waals surface area contributed by atoms with Gasteiger partial charge in [0.15, 0.2) is 5.11 Å². The second-order valence-electron chi connectivity index (χ2n) is 5.77. The smallest absolute Gasteiger partial charge is 0.337 e. The van der Waals surface area contributed by atoms with Crippen LogP contribution in [0, 0.1) is 0 Å². The molecule has 0 saturated heterocycles. The predicted molar refractivity (Wildman–Crippen MR) is 109 cm³/mol. The molecule has 8 heteroatoms. The number of nitrogens with one attached hydrogen (secondary N) is 2. The molecule has 3 N–H and O–H groups in total. The van der Waals surface area contributed by atoms with Gasteiger partial charge in [0.25, 0.3) is 5.91 Å². The number of amides is 1. The Morgan fingerprint density at radius 2 is 2.00 bits per heavy atom. The Balaban J connectivity index is 2.07. The number of carbonyl (C=O) groups excluding carboxylic acids is 1. The van der Waals surface area contributed by atoms with Crippen molar-refractivity contribution < 1.29 is 19.4 Å². The quantitative estimate of drug-likeness (QED) is 0.618. The van der Waals surface area contributed by atoms with Crippen LogP contribution in [0.3, 0.4) is 0 Å². The second kappa shape index (κ2) is 9.34. The number of thiocarbonyl (C=S) groups is 1. The Bertz CT molecular complexity index is 873. The van der Waals surface area contributed by atoms with Gasteiger partial charge in [-0.05, 0) is 62.0 Å². The zero-order chi connectivity index (χ0) is 20.0. The fourth-order valence-corrected chi connectivity index (χ4v) is 2.53. The molecule has 2 aromatic rings. The number of hydrogen-bond acceptors (Lipinski definition) is 4. The number of halogens is 1. The molecule has 0 heterocycles. The number of hydrogen-bond donors (Lipinski definition) is 3. The summed E-state index contributed by atoms with van der Waals surface area (Å²) >= 11 is 10.9. The monoisotopic (exact) mass is 406 g/mol. The van der Waals surface area contributed by atoms with Gasteiger partial charge >= 0.3 is 5.97 Å². The van der Waals surface area contributed by atoms with Gasteiger partial charge in [-0.3, -0.25) is 10.1 Å². The zero-order valence-electron chi connectivity index (χ0n) is 14.8. The Morgan fingerprint density at radius 1 is 1.26 bits per heavy atom. The van der Waals surface area contributed by atoms with Crippen LogP contribution in [0.1, 0.15) is 41.0 Å². The van der Waals surface area contributed by atoms with Gasteiger partial charge in [-0.25, -0.2) is 4.79 Å². The topological polar surface area (TPSA) is 87.7 Å². The van der Waals surface area contributed by atoms with Gasteiger partial charge in [0, 0.05) is 10.6 Å². The fraction of sp³-hybridized carbons (Fsp3) is 0.211. The minimum Gasteiger partial charge on any atom is -0.491 e. The van der Waals surface area contributed by atoms with E-state index in [9.17, 15) is 14.7 Å². The molecule has 0 spiro atoms. The molecule has 0 bridgehead atoms. The lowest BCUT2D eigenvalue weighted by Gasteiger charge is -2.14. The van der Waals surface area contributed by atoms with E-state index in [2.05, 4.69) is 10.6 Å². The third kappa shape index (κ3) is 5.94. The Morgan fingerprint density at radius 3 is 2.67 bits per heavy atom. The Hall–Kier alpha value is -2.64. The number of carbonyl (C=O) groups is 2. The molecule has 0 saturated carbocycles. The van der Waals surface area contributed by atoms with Gasteiger partial charge in [-0.2, -0.15) is 0 Å². The van der Waals surface area contributed by atoms with Crippen molar-refractivity contribution in [2.75, 3.05) is 5.32 Å². The first-order valence-corrected chi connectivity index (χ1v) is 9.00. The summed E-state index contributed by atoms with van der Waals surface area (Å²) in [5.41, 5.74) is 0.545. The van der Waals surface area contributed by atoms with Crippen LogP contribution in [0.4, 0.5) is 5.69 Å². The maximum absolute atomic E-state index is 12.4. The first-order chi connectivity index (χ1) is 12.8. The molecular weight excluding hydrogens is 388 g/mol. The van der Waals surface area contributed by atoms with Crippen LogP contribution < -0.4 is 15.4 Å². The van der Waals surface area contributed by atoms with Crippen molar-refractivity contribution in [3.8, 4) is 5.75 Å². The SMILES string of the molecule is CCC(C)Oc1cccc(C(=O)NC(=S)Nc2ccc(Cl)cc2C(=O)O)c1. The summed E-state index contributed by atoms with van der Waals surface area (Å²) in [6.07, 6.45) is 0.877. The van der Waals surface area contributed by atoms with Crippen LogP contribution in [-0.4, -0.2) is 28.2 Å². The normalized spacial score (nSPS) is 11.4. The van der Waals surface area contributed by atoms with E-state index in [0.29, 0.717) is 11.3 Å². The van der Waals surface area contributed by atoms with Crippen LogP contribution in [0.25, 0.3) is 0 Å². The highest BCUT2D eigenvalue weighted by Gasteiger charge is 2.14. The van der Waals surface area contributed by atoms with Gasteiger partial charge in [0.1, 0.15) is 5.75 Å². The zero-order valence-corrected chi connectivity index (χ0v) is 16.4. The van der Waals surface area contributed by atoms with Crippen LogP contribution in [0.5, 0.6) is 5.75 Å². The first kappa shape index (κ1) is 20.7. The largest absolute Gasteiger partial charge is 0.491 e. The average molecular weight is 407 g/mol. The average Bonchev–Trinajstić information content (AvgIpc) is 2.63. The maximum Gasteiger partial charge on any atom is 0.337 e. The van der Waals surface area contributed by atoms with E-state index in [4.69, 9.17) is 28.6 Å². The number of anilines is 1. The van der Waals surface area contributed by atoms with Crippen molar-refractivity contribution >= 4 is 46.5 Å².